The Bertz CT molecular complexity index is 774. The van der Waals surface area contributed by atoms with Gasteiger partial charge in [0.1, 0.15) is 0 Å². The van der Waals surface area contributed by atoms with Crippen molar-refractivity contribution in [3.05, 3.63) is 82.6 Å². The summed E-state index contributed by atoms with van der Waals surface area (Å²) < 4.78 is 0. The number of fused-ring (bicyclic) bond motifs is 1. The Morgan fingerprint density at radius 1 is 0.957 bits per heavy atom. The van der Waals surface area contributed by atoms with Crippen molar-refractivity contribution >= 4 is 11.4 Å². The summed E-state index contributed by atoms with van der Waals surface area (Å²) in [5.41, 5.74) is 9.23. The highest BCUT2D eigenvalue weighted by Gasteiger charge is 2.31. The van der Waals surface area contributed by atoms with E-state index in [2.05, 4.69) is 94.1 Å². The van der Waals surface area contributed by atoms with Crippen LogP contribution >= 0.6 is 0 Å². The number of nitrogens with zero attached hydrogens (tertiary/aromatic N) is 1. The van der Waals surface area contributed by atoms with Gasteiger partial charge < -0.3 is 4.90 Å². The van der Waals surface area contributed by atoms with Crippen LogP contribution in [0.3, 0.4) is 0 Å². The summed E-state index contributed by atoms with van der Waals surface area (Å²) in [4.78, 5) is 2.40. The minimum absolute atomic E-state index is 0.404. The van der Waals surface area contributed by atoms with Crippen LogP contribution in [0.5, 0.6) is 0 Å². The molecule has 0 aliphatic carbocycles. The fourth-order valence-corrected chi connectivity index (χ4v) is 3.17. The number of allylic oxidation sites excluding steroid dienone is 4. The molecular formula is C22H25N. The van der Waals surface area contributed by atoms with E-state index in [-0.39, 0.29) is 0 Å². The zero-order valence-corrected chi connectivity index (χ0v) is 14.7. The number of anilines is 2. The summed E-state index contributed by atoms with van der Waals surface area (Å²) in [5, 5.41) is 0. The average molecular weight is 303 g/mol. The lowest BCUT2D eigenvalue weighted by Crippen LogP contribution is -2.12. The molecule has 0 fully saturated rings. The van der Waals surface area contributed by atoms with Crippen molar-refractivity contribution in [1.82, 2.24) is 0 Å². The van der Waals surface area contributed by atoms with Crippen molar-refractivity contribution in [2.45, 2.75) is 40.5 Å². The molecule has 1 atom stereocenters. The molecule has 0 amide bonds. The highest BCUT2D eigenvalue weighted by Crippen LogP contribution is 2.47. The van der Waals surface area contributed by atoms with Crippen LogP contribution in [0.1, 0.15) is 43.4 Å². The second-order valence-electron chi connectivity index (χ2n) is 6.79. The molecule has 0 saturated heterocycles. The number of aryl methyl sites for hydroxylation is 2. The van der Waals surface area contributed by atoms with Gasteiger partial charge in [0.05, 0.1) is 0 Å². The van der Waals surface area contributed by atoms with Gasteiger partial charge >= 0.3 is 0 Å². The fourth-order valence-electron chi connectivity index (χ4n) is 3.17. The first-order chi connectivity index (χ1) is 11.0. The van der Waals surface area contributed by atoms with E-state index in [0.29, 0.717) is 5.92 Å². The summed E-state index contributed by atoms with van der Waals surface area (Å²) in [5.74, 6) is 0.404. The number of hydrogen-bond acceptors (Lipinski definition) is 1. The second kappa shape index (κ2) is 6.08. The molecule has 1 heteroatoms. The van der Waals surface area contributed by atoms with Crippen LogP contribution in [-0.4, -0.2) is 0 Å². The smallest absolute Gasteiger partial charge is 0.0497 e. The van der Waals surface area contributed by atoms with E-state index in [1.54, 1.807) is 0 Å². The Kier molecular flexibility index (Phi) is 4.12. The standard InChI is InChI=1S/C22H25N/c1-15(2)6-12-21-18(5)20-14-17(4)9-13-22(20)23(21)19-10-7-16(3)8-11-19/h6-14,18H,1-5H3/b21-12+. The van der Waals surface area contributed by atoms with Gasteiger partial charge in [0.2, 0.25) is 0 Å². The van der Waals surface area contributed by atoms with Crippen LogP contribution in [0, 0.1) is 13.8 Å². The highest BCUT2D eigenvalue weighted by atomic mass is 15.2. The lowest BCUT2D eigenvalue weighted by molar-refractivity contribution is 0.919. The van der Waals surface area contributed by atoms with Gasteiger partial charge in [-0.2, -0.15) is 0 Å². The summed E-state index contributed by atoms with van der Waals surface area (Å²) in [6.07, 6.45) is 4.49. The molecule has 1 unspecified atom stereocenters. The Hall–Kier alpha value is -2.28. The lowest BCUT2D eigenvalue weighted by Gasteiger charge is -2.23. The molecule has 0 radical (unpaired) electrons. The third kappa shape index (κ3) is 2.96. The number of benzene rings is 2. The monoisotopic (exact) mass is 303 g/mol. The molecule has 1 nitrogen and oxygen atoms in total. The van der Waals surface area contributed by atoms with Crippen LogP contribution < -0.4 is 4.90 Å². The van der Waals surface area contributed by atoms with Gasteiger partial charge in [0.25, 0.3) is 0 Å². The van der Waals surface area contributed by atoms with Gasteiger partial charge in [0.15, 0.2) is 0 Å². The van der Waals surface area contributed by atoms with Crippen LogP contribution in [-0.2, 0) is 0 Å². The molecule has 0 spiro atoms. The molecule has 0 N–H and O–H groups in total. The summed E-state index contributed by atoms with van der Waals surface area (Å²) >= 11 is 0. The van der Waals surface area contributed by atoms with E-state index < -0.39 is 0 Å². The van der Waals surface area contributed by atoms with E-state index >= 15 is 0 Å². The summed E-state index contributed by atoms with van der Waals surface area (Å²) in [6, 6.07) is 15.6. The summed E-state index contributed by atoms with van der Waals surface area (Å²) in [7, 11) is 0. The molecular weight excluding hydrogens is 278 g/mol. The quantitative estimate of drug-likeness (QED) is 0.619. The number of rotatable bonds is 2. The zero-order chi connectivity index (χ0) is 16.6. The molecule has 3 rings (SSSR count). The Labute approximate surface area is 140 Å². The van der Waals surface area contributed by atoms with Crippen LogP contribution in [0.4, 0.5) is 11.4 Å². The SMILES string of the molecule is CC(C)=C/C=C1\C(C)c2cc(C)ccc2N1c1ccc(C)cc1. The van der Waals surface area contributed by atoms with Gasteiger partial charge in [-0.3, -0.25) is 0 Å². The molecule has 1 aliphatic rings. The van der Waals surface area contributed by atoms with Crippen LogP contribution in [0.25, 0.3) is 0 Å². The maximum absolute atomic E-state index is 2.40. The lowest BCUT2D eigenvalue weighted by atomic mass is 9.99. The van der Waals surface area contributed by atoms with Crippen LogP contribution in [0.2, 0.25) is 0 Å². The Balaban J connectivity index is 2.17. The molecule has 118 valence electrons. The first kappa shape index (κ1) is 15.6. The van der Waals surface area contributed by atoms with Gasteiger partial charge in [-0.1, -0.05) is 54.0 Å². The van der Waals surface area contributed by atoms with Crippen LogP contribution in [0.15, 0.2) is 65.9 Å². The molecule has 2 aromatic carbocycles. The van der Waals surface area contributed by atoms with E-state index in [9.17, 15) is 0 Å². The minimum Gasteiger partial charge on any atom is -0.313 e. The van der Waals surface area contributed by atoms with Crippen molar-refractivity contribution in [2.75, 3.05) is 4.90 Å². The molecule has 2 aromatic rings. The maximum atomic E-state index is 2.40. The molecule has 0 aromatic heterocycles. The van der Waals surface area contributed by atoms with Gasteiger partial charge in [0, 0.05) is 23.0 Å². The van der Waals surface area contributed by atoms with Gasteiger partial charge in [-0.15, -0.1) is 0 Å². The van der Waals surface area contributed by atoms with Crippen molar-refractivity contribution < 1.29 is 0 Å². The summed E-state index contributed by atoms with van der Waals surface area (Å²) in [6.45, 7) is 10.9. The third-order valence-corrected chi connectivity index (χ3v) is 4.47. The average Bonchev–Trinajstić information content (AvgIpc) is 2.78. The first-order valence-corrected chi connectivity index (χ1v) is 8.30. The van der Waals surface area contributed by atoms with Crippen molar-refractivity contribution in [1.29, 1.82) is 0 Å². The number of hydrogen-bond donors (Lipinski definition) is 0. The van der Waals surface area contributed by atoms with E-state index in [0.717, 1.165) is 0 Å². The van der Waals surface area contributed by atoms with Crippen molar-refractivity contribution in [3.8, 4) is 0 Å². The Morgan fingerprint density at radius 3 is 2.26 bits per heavy atom. The van der Waals surface area contributed by atoms with E-state index in [1.807, 2.05) is 0 Å². The van der Waals surface area contributed by atoms with Crippen molar-refractivity contribution in [3.63, 3.8) is 0 Å². The molecule has 1 heterocycles. The highest BCUT2D eigenvalue weighted by molar-refractivity contribution is 5.78. The third-order valence-electron chi connectivity index (χ3n) is 4.47. The Morgan fingerprint density at radius 2 is 1.61 bits per heavy atom. The zero-order valence-electron chi connectivity index (χ0n) is 14.7. The molecule has 0 saturated carbocycles. The molecule has 23 heavy (non-hydrogen) atoms. The molecule has 0 bridgehead atoms. The predicted octanol–water partition coefficient (Wildman–Crippen LogP) is 6.41. The minimum atomic E-state index is 0.404. The van der Waals surface area contributed by atoms with Crippen molar-refractivity contribution in [2.24, 2.45) is 0 Å². The first-order valence-electron chi connectivity index (χ1n) is 8.30. The second-order valence-corrected chi connectivity index (χ2v) is 6.79. The molecule has 1 aliphatic heterocycles. The maximum Gasteiger partial charge on any atom is 0.0497 e. The van der Waals surface area contributed by atoms with E-state index in [1.165, 1.54) is 39.3 Å². The van der Waals surface area contributed by atoms with E-state index in [4.69, 9.17) is 0 Å². The fraction of sp³-hybridized carbons (Fsp3) is 0.273. The normalized spacial score (nSPS) is 18.2. The largest absolute Gasteiger partial charge is 0.313 e. The van der Waals surface area contributed by atoms with Gasteiger partial charge in [-0.25, -0.2) is 0 Å². The predicted molar refractivity (Wildman–Crippen MR) is 100 cm³/mol. The van der Waals surface area contributed by atoms with Gasteiger partial charge in [-0.05, 0) is 57.5 Å². The topological polar surface area (TPSA) is 3.24 Å².